The summed E-state index contributed by atoms with van der Waals surface area (Å²) >= 11 is 3.26. The van der Waals surface area contributed by atoms with Crippen molar-refractivity contribution in [2.45, 2.75) is 64.1 Å². The number of primary amides is 1. The number of urea groups is 1. The molecule has 0 fully saturated rings. The summed E-state index contributed by atoms with van der Waals surface area (Å²) in [7, 11) is 0. The third kappa shape index (κ3) is 9.15. The summed E-state index contributed by atoms with van der Waals surface area (Å²) in [5, 5.41) is 2.04. The van der Waals surface area contributed by atoms with E-state index in [2.05, 4.69) is 29.8 Å². The topological polar surface area (TPSA) is 72.2 Å². The predicted molar refractivity (Wildman–Crippen MR) is 75.2 cm³/mol. The number of amides is 3. The van der Waals surface area contributed by atoms with Crippen LogP contribution < -0.4 is 11.1 Å². The summed E-state index contributed by atoms with van der Waals surface area (Å²) in [4.78, 5) is 21.6. The summed E-state index contributed by atoms with van der Waals surface area (Å²) in [6.45, 7) is 8.14. The van der Waals surface area contributed by atoms with Crippen molar-refractivity contribution < 1.29 is 9.59 Å². The molecule has 0 rings (SSSR count). The number of rotatable bonds is 5. The van der Waals surface area contributed by atoms with Crippen LogP contribution >= 0.6 is 15.9 Å². The van der Waals surface area contributed by atoms with Crippen LogP contribution in [0.3, 0.4) is 0 Å². The molecule has 4 nitrogen and oxygen atoms in total. The maximum Gasteiger partial charge on any atom is 0.318 e. The minimum atomic E-state index is -0.814. The van der Waals surface area contributed by atoms with Crippen LogP contribution in [0.25, 0.3) is 0 Å². The van der Waals surface area contributed by atoms with E-state index in [0.29, 0.717) is 12.8 Å². The van der Waals surface area contributed by atoms with Crippen LogP contribution in [-0.4, -0.2) is 16.3 Å². The molecule has 0 bridgehead atoms. The number of imide groups is 1. The van der Waals surface area contributed by atoms with E-state index in [4.69, 9.17) is 5.73 Å². The van der Waals surface area contributed by atoms with Crippen molar-refractivity contribution in [2.75, 3.05) is 0 Å². The number of halogens is 1. The van der Waals surface area contributed by atoms with Crippen LogP contribution in [0.4, 0.5) is 4.79 Å². The maximum atomic E-state index is 11.3. The molecule has 0 radical (unpaired) electrons. The van der Waals surface area contributed by atoms with Gasteiger partial charge in [-0.1, -0.05) is 62.9 Å². The SMILES string of the molecule is CCC(Br)(CC)C(=O)NC(N)=O.CCCCC. The predicted octanol–water partition coefficient (Wildman–Crippen LogP) is 3.33. The van der Waals surface area contributed by atoms with Gasteiger partial charge in [-0.25, -0.2) is 4.79 Å². The minimum absolute atomic E-state index is 0.375. The van der Waals surface area contributed by atoms with Crippen molar-refractivity contribution in [3.63, 3.8) is 0 Å². The van der Waals surface area contributed by atoms with Gasteiger partial charge in [0, 0.05) is 0 Å². The molecule has 17 heavy (non-hydrogen) atoms. The highest BCUT2D eigenvalue weighted by atomic mass is 79.9. The Labute approximate surface area is 113 Å². The van der Waals surface area contributed by atoms with Gasteiger partial charge in [-0.15, -0.1) is 0 Å². The number of hydrogen-bond acceptors (Lipinski definition) is 2. The molecule has 0 aromatic heterocycles. The Morgan fingerprint density at radius 3 is 1.71 bits per heavy atom. The van der Waals surface area contributed by atoms with Crippen molar-refractivity contribution in [3.8, 4) is 0 Å². The Kier molecular flexibility index (Phi) is 11.7. The van der Waals surface area contributed by atoms with Gasteiger partial charge in [-0.2, -0.15) is 0 Å². The normalized spacial score (nSPS) is 10.2. The minimum Gasteiger partial charge on any atom is -0.351 e. The van der Waals surface area contributed by atoms with Crippen molar-refractivity contribution >= 4 is 27.9 Å². The van der Waals surface area contributed by atoms with Gasteiger partial charge in [-0.3, -0.25) is 10.1 Å². The van der Waals surface area contributed by atoms with Crippen LogP contribution in [-0.2, 0) is 4.79 Å². The lowest BCUT2D eigenvalue weighted by Gasteiger charge is -2.21. The lowest BCUT2D eigenvalue weighted by molar-refractivity contribution is -0.122. The standard InChI is InChI=1S/C7H13BrN2O2.C5H12/c1-3-7(8,4-2)5(11)10-6(9)12;1-3-5-4-2/h3-4H2,1-2H3,(H3,9,10,11,12);3-5H2,1-2H3. The molecule has 0 unspecified atom stereocenters. The quantitative estimate of drug-likeness (QED) is 0.765. The first-order valence-corrected chi connectivity index (χ1v) is 6.96. The highest BCUT2D eigenvalue weighted by Crippen LogP contribution is 2.26. The van der Waals surface area contributed by atoms with Gasteiger partial charge in [0.2, 0.25) is 5.91 Å². The molecule has 0 aromatic rings. The fourth-order valence-electron chi connectivity index (χ4n) is 1.15. The summed E-state index contributed by atoms with van der Waals surface area (Å²) in [5.74, 6) is -0.375. The third-order valence-corrected chi connectivity index (χ3v) is 3.95. The van der Waals surface area contributed by atoms with Gasteiger partial charge in [0.1, 0.15) is 4.32 Å². The molecule has 0 aliphatic carbocycles. The monoisotopic (exact) mass is 308 g/mol. The van der Waals surface area contributed by atoms with Crippen molar-refractivity contribution in [1.29, 1.82) is 0 Å². The third-order valence-electron chi connectivity index (χ3n) is 2.47. The van der Waals surface area contributed by atoms with Crippen molar-refractivity contribution in [1.82, 2.24) is 5.32 Å². The first kappa shape index (κ1) is 18.8. The Morgan fingerprint density at radius 2 is 1.53 bits per heavy atom. The van der Waals surface area contributed by atoms with Gasteiger partial charge >= 0.3 is 6.03 Å². The summed E-state index contributed by atoms with van der Waals surface area (Å²) in [5.41, 5.74) is 4.81. The van der Waals surface area contributed by atoms with Gasteiger partial charge < -0.3 is 5.73 Å². The molecule has 0 aromatic carbocycles. The van der Waals surface area contributed by atoms with Gasteiger partial charge in [0.05, 0.1) is 0 Å². The zero-order chi connectivity index (χ0) is 13.9. The van der Waals surface area contributed by atoms with Gasteiger partial charge in [0.15, 0.2) is 0 Å². The van der Waals surface area contributed by atoms with Crippen LogP contribution in [0, 0.1) is 0 Å². The highest BCUT2D eigenvalue weighted by molar-refractivity contribution is 9.10. The number of carbonyl (C=O) groups excluding carboxylic acids is 2. The Bertz CT molecular complexity index is 227. The second-order valence-corrected chi connectivity index (χ2v) is 5.36. The molecular weight excluding hydrogens is 284 g/mol. The Morgan fingerprint density at radius 1 is 1.12 bits per heavy atom. The van der Waals surface area contributed by atoms with E-state index in [0.717, 1.165) is 0 Å². The molecule has 3 amide bonds. The zero-order valence-corrected chi connectivity index (χ0v) is 12.9. The molecule has 0 spiro atoms. The molecule has 0 heterocycles. The van der Waals surface area contributed by atoms with Crippen molar-refractivity contribution in [3.05, 3.63) is 0 Å². The van der Waals surface area contributed by atoms with Gasteiger partial charge in [0.25, 0.3) is 0 Å². The number of nitrogens with one attached hydrogen (secondary N) is 1. The lowest BCUT2D eigenvalue weighted by Crippen LogP contribution is -2.46. The molecule has 0 saturated heterocycles. The number of hydrogen-bond donors (Lipinski definition) is 2. The maximum absolute atomic E-state index is 11.3. The Hall–Kier alpha value is -0.580. The highest BCUT2D eigenvalue weighted by Gasteiger charge is 2.32. The molecule has 0 aliphatic heterocycles. The summed E-state index contributed by atoms with van der Waals surface area (Å²) in [6.07, 6.45) is 5.30. The molecule has 5 heteroatoms. The summed E-state index contributed by atoms with van der Waals surface area (Å²) in [6, 6.07) is -0.814. The molecule has 0 aliphatic rings. The van der Waals surface area contributed by atoms with Crippen LogP contribution in [0.15, 0.2) is 0 Å². The number of carbonyl (C=O) groups is 2. The fourth-order valence-corrected chi connectivity index (χ4v) is 1.25. The molecule has 0 atom stereocenters. The largest absolute Gasteiger partial charge is 0.351 e. The van der Waals surface area contributed by atoms with E-state index in [-0.39, 0.29) is 5.91 Å². The van der Waals surface area contributed by atoms with E-state index >= 15 is 0 Å². The first-order valence-electron chi connectivity index (χ1n) is 6.17. The molecule has 0 saturated carbocycles. The van der Waals surface area contributed by atoms with E-state index in [1.165, 1.54) is 19.3 Å². The Balaban J connectivity index is 0. The summed E-state index contributed by atoms with van der Waals surface area (Å²) < 4.78 is -0.665. The fraction of sp³-hybridized carbons (Fsp3) is 0.833. The van der Waals surface area contributed by atoms with Gasteiger partial charge in [-0.05, 0) is 12.8 Å². The smallest absolute Gasteiger partial charge is 0.318 e. The number of nitrogens with two attached hydrogens (primary N) is 1. The molecule has 102 valence electrons. The van der Waals surface area contributed by atoms with Crippen LogP contribution in [0.5, 0.6) is 0 Å². The van der Waals surface area contributed by atoms with Crippen LogP contribution in [0.1, 0.15) is 59.8 Å². The van der Waals surface area contributed by atoms with E-state index in [1.54, 1.807) is 0 Å². The second kappa shape index (κ2) is 10.6. The molecule has 3 N–H and O–H groups in total. The number of alkyl halides is 1. The average molecular weight is 309 g/mol. The van der Waals surface area contributed by atoms with E-state index in [9.17, 15) is 9.59 Å². The number of unbranched alkanes of at least 4 members (excludes halogenated alkanes) is 2. The zero-order valence-electron chi connectivity index (χ0n) is 11.3. The van der Waals surface area contributed by atoms with E-state index < -0.39 is 10.4 Å². The average Bonchev–Trinajstić information content (AvgIpc) is 2.29. The van der Waals surface area contributed by atoms with E-state index in [1.807, 2.05) is 19.2 Å². The van der Waals surface area contributed by atoms with Crippen LogP contribution in [0.2, 0.25) is 0 Å². The second-order valence-electron chi connectivity index (χ2n) is 3.84. The first-order chi connectivity index (χ1) is 7.87. The molecular formula is C12H25BrN2O2. The van der Waals surface area contributed by atoms with Crippen molar-refractivity contribution in [2.24, 2.45) is 5.73 Å². The lowest BCUT2D eigenvalue weighted by atomic mass is 10.0.